The van der Waals surface area contributed by atoms with Gasteiger partial charge in [0.05, 0.1) is 16.3 Å². The third-order valence-electron chi connectivity index (χ3n) is 4.03. The highest BCUT2D eigenvalue weighted by atomic mass is 32.2. The molecule has 2 N–H and O–H groups in total. The van der Waals surface area contributed by atoms with E-state index >= 15 is 0 Å². The molecular formula is C15H19N3O3S. The summed E-state index contributed by atoms with van der Waals surface area (Å²) in [7, 11) is -3.34. The molecule has 0 aliphatic carbocycles. The topological polar surface area (TPSA) is 82.3 Å². The highest BCUT2D eigenvalue weighted by Gasteiger charge is 2.35. The lowest BCUT2D eigenvalue weighted by Crippen LogP contribution is -2.37. The molecule has 1 aliphatic heterocycles. The Kier molecular flexibility index (Phi) is 3.92. The van der Waals surface area contributed by atoms with E-state index in [-0.39, 0.29) is 12.5 Å². The molecular weight excluding hydrogens is 302 g/mol. The lowest BCUT2D eigenvalue weighted by atomic mass is 10.1. The van der Waals surface area contributed by atoms with E-state index in [0.717, 1.165) is 10.9 Å². The molecule has 0 unspecified atom stereocenters. The van der Waals surface area contributed by atoms with E-state index in [1.807, 2.05) is 18.2 Å². The Labute approximate surface area is 129 Å². The first-order valence-corrected chi connectivity index (χ1v) is 8.91. The van der Waals surface area contributed by atoms with Gasteiger partial charge in [0.1, 0.15) is 0 Å². The number of carbonyl (C=O) groups is 1. The fourth-order valence-corrected chi connectivity index (χ4v) is 4.35. The van der Waals surface area contributed by atoms with Gasteiger partial charge in [-0.2, -0.15) is 0 Å². The van der Waals surface area contributed by atoms with Gasteiger partial charge in [0.25, 0.3) is 5.91 Å². The minimum absolute atomic E-state index is 0.123. The van der Waals surface area contributed by atoms with Crippen LogP contribution in [0.25, 0.3) is 10.9 Å². The van der Waals surface area contributed by atoms with E-state index in [4.69, 9.17) is 0 Å². The summed E-state index contributed by atoms with van der Waals surface area (Å²) in [4.78, 5) is 17.4. The standard InChI is InChI=1S/C15H19N3O3S/c1-2-17-22(20,21)12-7-9-18(10-12)15(19)13-5-3-4-11-6-8-16-14(11)13/h3-6,8,12,16-17H,2,7,9-10H2,1H3/t12-/m0/s1. The van der Waals surface area contributed by atoms with Gasteiger partial charge in [-0.1, -0.05) is 19.1 Å². The molecule has 3 rings (SSSR count). The number of amides is 1. The number of hydrogen-bond donors (Lipinski definition) is 2. The Bertz CT molecular complexity index is 797. The number of nitrogens with zero attached hydrogens (tertiary/aromatic N) is 1. The van der Waals surface area contributed by atoms with Gasteiger partial charge in [-0.25, -0.2) is 13.1 Å². The van der Waals surface area contributed by atoms with Crippen LogP contribution < -0.4 is 4.72 Å². The number of carbonyl (C=O) groups excluding carboxylic acids is 1. The normalized spacial score (nSPS) is 19.0. The monoisotopic (exact) mass is 321 g/mol. The second-order valence-corrected chi connectivity index (χ2v) is 7.50. The number of likely N-dealkylation sites (tertiary alicyclic amines) is 1. The second-order valence-electron chi connectivity index (χ2n) is 5.45. The molecule has 1 aromatic carbocycles. The van der Waals surface area contributed by atoms with E-state index in [2.05, 4.69) is 9.71 Å². The number of aromatic nitrogens is 1. The predicted octanol–water partition coefficient (Wildman–Crippen LogP) is 1.32. The molecule has 7 heteroatoms. The first kappa shape index (κ1) is 15.1. The molecule has 0 saturated carbocycles. The van der Waals surface area contributed by atoms with Gasteiger partial charge < -0.3 is 9.88 Å². The lowest BCUT2D eigenvalue weighted by Gasteiger charge is -2.17. The zero-order chi connectivity index (χ0) is 15.7. The van der Waals surface area contributed by atoms with Crippen LogP contribution in [0.1, 0.15) is 23.7 Å². The average molecular weight is 321 g/mol. The van der Waals surface area contributed by atoms with Gasteiger partial charge in [0.15, 0.2) is 0 Å². The number of hydrogen-bond acceptors (Lipinski definition) is 3. The zero-order valence-corrected chi connectivity index (χ0v) is 13.2. The quantitative estimate of drug-likeness (QED) is 0.891. The summed E-state index contributed by atoms with van der Waals surface area (Å²) in [6, 6.07) is 7.46. The van der Waals surface area contributed by atoms with Crippen molar-refractivity contribution in [1.82, 2.24) is 14.6 Å². The van der Waals surface area contributed by atoms with Crippen molar-refractivity contribution in [2.24, 2.45) is 0 Å². The summed E-state index contributed by atoms with van der Waals surface area (Å²) < 4.78 is 26.6. The number of aromatic amines is 1. The number of rotatable bonds is 4. The van der Waals surface area contributed by atoms with Crippen molar-refractivity contribution >= 4 is 26.8 Å². The predicted molar refractivity (Wildman–Crippen MR) is 85.2 cm³/mol. The van der Waals surface area contributed by atoms with Crippen molar-refractivity contribution in [2.75, 3.05) is 19.6 Å². The fraction of sp³-hybridized carbons (Fsp3) is 0.400. The smallest absolute Gasteiger partial charge is 0.256 e. The number of H-pyrrole nitrogens is 1. The number of nitrogens with one attached hydrogen (secondary N) is 2. The van der Waals surface area contributed by atoms with Crippen LogP contribution in [-0.2, 0) is 10.0 Å². The van der Waals surface area contributed by atoms with Crippen molar-refractivity contribution in [3.05, 3.63) is 36.0 Å². The van der Waals surface area contributed by atoms with Crippen LogP contribution >= 0.6 is 0 Å². The first-order valence-electron chi connectivity index (χ1n) is 7.37. The number of fused-ring (bicyclic) bond motifs is 1. The number of benzene rings is 1. The molecule has 1 aromatic heterocycles. The number of sulfonamides is 1. The molecule has 22 heavy (non-hydrogen) atoms. The van der Waals surface area contributed by atoms with Crippen LogP contribution in [0.15, 0.2) is 30.5 Å². The Morgan fingerprint density at radius 2 is 2.23 bits per heavy atom. The molecule has 118 valence electrons. The number of para-hydroxylation sites is 1. The van der Waals surface area contributed by atoms with Crippen LogP contribution in [0.4, 0.5) is 0 Å². The molecule has 1 fully saturated rings. The third kappa shape index (κ3) is 2.62. The van der Waals surface area contributed by atoms with Crippen molar-refractivity contribution < 1.29 is 13.2 Å². The maximum Gasteiger partial charge on any atom is 0.256 e. The Balaban J connectivity index is 1.81. The van der Waals surface area contributed by atoms with Gasteiger partial charge in [-0.3, -0.25) is 4.79 Å². The van der Waals surface area contributed by atoms with E-state index in [0.29, 0.717) is 25.1 Å². The van der Waals surface area contributed by atoms with Crippen molar-refractivity contribution in [2.45, 2.75) is 18.6 Å². The average Bonchev–Trinajstić information content (AvgIpc) is 3.15. The van der Waals surface area contributed by atoms with Gasteiger partial charge in [-0.05, 0) is 18.6 Å². The van der Waals surface area contributed by atoms with Crippen LogP contribution in [0.3, 0.4) is 0 Å². The minimum atomic E-state index is -3.34. The van der Waals surface area contributed by atoms with Crippen molar-refractivity contribution in [1.29, 1.82) is 0 Å². The van der Waals surface area contributed by atoms with E-state index in [1.165, 1.54) is 0 Å². The van der Waals surface area contributed by atoms with E-state index in [1.54, 1.807) is 24.1 Å². The first-order chi connectivity index (χ1) is 10.5. The van der Waals surface area contributed by atoms with Crippen LogP contribution in [-0.4, -0.2) is 49.1 Å². The highest BCUT2D eigenvalue weighted by Crippen LogP contribution is 2.22. The maximum atomic E-state index is 12.7. The Morgan fingerprint density at radius 3 is 3.00 bits per heavy atom. The summed E-state index contributed by atoms with van der Waals surface area (Å²) >= 11 is 0. The van der Waals surface area contributed by atoms with Crippen LogP contribution in [0, 0.1) is 0 Å². The van der Waals surface area contributed by atoms with Gasteiger partial charge in [-0.15, -0.1) is 0 Å². The molecule has 1 atom stereocenters. The lowest BCUT2D eigenvalue weighted by molar-refractivity contribution is 0.0795. The molecule has 6 nitrogen and oxygen atoms in total. The summed E-state index contributed by atoms with van der Waals surface area (Å²) in [6.45, 7) is 2.83. The second kappa shape index (κ2) is 5.73. The van der Waals surface area contributed by atoms with Crippen molar-refractivity contribution in [3.8, 4) is 0 Å². The zero-order valence-electron chi connectivity index (χ0n) is 12.4. The van der Waals surface area contributed by atoms with Crippen LogP contribution in [0.5, 0.6) is 0 Å². The van der Waals surface area contributed by atoms with Crippen LogP contribution in [0.2, 0.25) is 0 Å². The Hall–Kier alpha value is -1.86. The van der Waals surface area contributed by atoms with Gasteiger partial charge in [0, 0.05) is 31.2 Å². The molecule has 1 amide bonds. The Morgan fingerprint density at radius 1 is 1.41 bits per heavy atom. The molecule has 2 aromatic rings. The summed E-state index contributed by atoms with van der Waals surface area (Å²) in [5.41, 5.74) is 1.38. The van der Waals surface area contributed by atoms with E-state index in [9.17, 15) is 13.2 Å². The maximum absolute atomic E-state index is 12.7. The summed E-state index contributed by atoms with van der Waals surface area (Å²) in [5, 5.41) is 0.445. The summed E-state index contributed by atoms with van der Waals surface area (Å²) in [5.74, 6) is -0.123. The molecule has 1 saturated heterocycles. The minimum Gasteiger partial charge on any atom is -0.361 e. The molecule has 0 radical (unpaired) electrons. The molecule has 2 heterocycles. The molecule has 1 aliphatic rings. The van der Waals surface area contributed by atoms with E-state index < -0.39 is 15.3 Å². The molecule has 0 bridgehead atoms. The van der Waals surface area contributed by atoms with Gasteiger partial charge >= 0.3 is 0 Å². The third-order valence-corrected chi connectivity index (χ3v) is 5.99. The summed E-state index contributed by atoms with van der Waals surface area (Å²) in [6.07, 6.45) is 2.27. The molecule has 0 spiro atoms. The fourth-order valence-electron chi connectivity index (χ4n) is 2.92. The SMILES string of the molecule is CCNS(=O)(=O)[C@H]1CCN(C(=O)c2cccc3cc[nH]c23)C1. The highest BCUT2D eigenvalue weighted by molar-refractivity contribution is 7.90. The van der Waals surface area contributed by atoms with Crippen molar-refractivity contribution in [3.63, 3.8) is 0 Å². The van der Waals surface area contributed by atoms with Gasteiger partial charge in [0.2, 0.25) is 10.0 Å². The largest absolute Gasteiger partial charge is 0.361 e.